The second kappa shape index (κ2) is 5.08. The zero-order valence-corrected chi connectivity index (χ0v) is 7.14. The zero-order chi connectivity index (χ0) is 6.41. The average molecular weight is 224 g/mol. The molecule has 1 rings (SSSR count). The molecule has 1 N–H and O–H groups in total. The molecule has 1 aromatic rings. The van der Waals surface area contributed by atoms with E-state index in [1.165, 1.54) is 0 Å². The van der Waals surface area contributed by atoms with E-state index in [1.54, 1.807) is 12.4 Å². The summed E-state index contributed by atoms with van der Waals surface area (Å²) in [6.07, 6.45) is 3.53. The lowest BCUT2D eigenvalue weighted by Gasteiger charge is -1.68. The Hall–Kier alpha value is -0.0600. The first kappa shape index (κ1) is 7.94. The number of hydrogen-bond acceptors (Lipinski definition) is 1. The van der Waals surface area contributed by atoms with Gasteiger partial charge in [0, 0.05) is 12.4 Å². The highest BCUT2D eigenvalue weighted by Gasteiger charge is 1.73. The molecule has 46 valence electrons. The number of aromatic nitrogens is 2. The number of hydrogen-bond donors (Lipinski definition) is 1. The van der Waals surface area contributed by atoms with Crippen LogP contribution in [0.2, 0.25) is 0 Å². The van der Waals surface area contributed by atoms with Crippen molar-refractivity contribution in [2.75, 3.05) is 4.93 Å². The number of halogens is 1. The quantitative estimate of drug-likeness (QED) is 0.528. The molecule has 8 heavy (non-hydrogen) atoms. The van der Waals surface area contributed by atoms with E-state index in [4.69, 9.17) is 0 Å². The zero-order valence-electron chi connectivity index (χ0n) is 4.98. The van der Waals surface area contributed by atoms with Crippen molar-refractivity contribution < 1.29 is 0 Å². The van der Waals surface area contributed by atoms with E-state index in [0.29, 0.717) is 0 Å². The Morgan fingerprint density at radius 2 is 2.25 bits per heavy atom. The first-order valence-electron chi connectivity index (χ1n) is 2.23. The average Bonchev–Trinajstić information content (AvgIpc) is 2.24. The van der Waals surface area contributed by atoms with Gasteiger partial charge in [0.2, 0.25) is 0 Å². The van der Waals surface area contributed by atoms with E-state index in [9.17, 15) is 0 Å². The molecule has 0 radical (unpaired) electrons. The van der Waals surface area contributed by atoms with E-state index < -0.39 is 0 Å². The largest absolute Gasteiger partial charge is 0.349 e. The van der Waals surface area contributed by atoms with Crippen LogP contribution in [0.3, 0.4) is 0 Å². The van der Waals surface area contributed by atoms with Crippen LogP contribution in [-0.4, -0.2) is 14.9 Å². The summed E-state index contributed by atoms with van der Waals surface area (Å²) >= 11 is 2.15. The van der Waals surface area contributed by atoms with Gasteiger partial charge in [0.15, 0.2) is 0 Å². The van der Waals surface area contributed by atoms with Crippen LogP contribution in [0.4, 0.5) is 0 Å². The first-order chi connectivity index (χ1) is 3.89. The summed E-state index contributed by atoms with van der Waals surface area (Å²) in [6.45, 7) is 1.92. The summed E-state index contributed by atoms with van der Waals surface area (Å²) in [5.41, 5.74) is 0. The van der Waals surface area contributed by atoms with Gasteiger partial charge in [-0.15, -0.1) is 0 Å². The Balaban J connectivity index is 0.000000222. The van der Waals surface area contributed by atoms with Crippen LogP contribution < -0.4 is 0 Å². The molecule has 0 saturated heterocycles. The van der Waals surface area contributed by atoms with E-state index in [2.05, 4.69) is 32.6 Å². The van der Waals surface area contributed by atoms with Gasteiger partial charge in [-0.1, -0.05) is 22.6 Å². The smallest absolute Gasteiger partial charge is 0.102 e. The summed E-state index contributed by atoms with van der Waals surface area (Å²) in [5.74, 6) is 0.968. The first-order valence-corrected chi connectivity index (χ1v) is 4.39. The number of nitrogens with one attached hydrogen (secondary N) is 1. The summed E-state index contributed by atoms with van der Waals surface area (Å²) in [7, 11) is 0. The Morgan fingerprint density at radius 1 is 1.62 bits per heavy atom. The Morgan fingerprint density at radius 3 is 2.38 bits per heavy atom. The molecule has 3 heteroatoms. The minimum Gasteiger partial charge on any atom is -0.349 e. The van der Waals surface area contributed by atoms with Crippen LogP contribution in [0.5, 0.6) is 0 Å². The lowest BCUT2D eigenvalue weighted by atomic mass is 10.8. The molecule has 1 heterocycles. The summed E-state index contributed by atoms with van der Waals surface area (Å²) < 4.78 is 0. The van der Waals surface area contributed by atoms with Crippen LogP contribution in [0.1, 0.15) is 5.82 Å². The fourth-order valence-corrected chi connectivity index (χ4v) is 0.344. The molecule has 0 aliphatic rings. The fraction of sp³-hybridized carbons (Fsp3) is 0.400. The van der Waals surface area contributed by atoms with Gasteiger partial charge in [-0.25, -0.2) is 4.98 Å². The van der Waals surface area contributed by atoms with Gasteiger partial charge in [0.25, 0.3) is 0 Å². The topological polar surface area (TPSA) is 28.7 Å². The van der Waals surface area contributed by atoms with Crippen molar-refractivity contribution in [2.45, 2.75) is 6.92 Å². The summed E-state index contributed by atoms with van der Waals surface area (Å²) in [6, 6.07) is 0. The third kappa shape index (κ3) is 3.01. The number of rotatable bonds is 0. The lowest BCUT2D eigenvalue weighted by Crippen LogP contribution is -1.66. The predicted octanol–water partition coefficient (Wildman–Crippen LogP) is 1.77. The van der Waals surface area contributed by atoms with Gasteiger partial charge in [0.05, 0.1) is 0 Å². The predicted molar refractivity (Wildman–Crippen MR) is 43.3 cm³/mol. The monoisotopic (exact) mass is 224 g/mol. The molecular formula is C5H9IN2. The Bertz CT molecular complexity index is 114. The number of H-pyrrole nitrogens is 1. The van der Waals surface area contributed by atoms with E-state index in [-0.39, 0.29) is 0 Å². The maximum atomic E-state index is 3.86. The van der Waals surface area contributed by atoms with Crippen LogP contribution in [-0.2, 0) is 0 Å². The fourth-order valence-electron chi connectivity index (χ4n) is 0.344. The molecule has 0 aliphatic heterocycles. The van der Waals surface area contributed by atoms with Crippen molar-refractivity contribution in [2.24, 2.45) is 0 Å². The van der Waals surface area contributed by atoms with Gasteiger partial charge in [-0.05, 0) is 11.9 Å². The van der Waals surface area contributed by atoms with Crippen LogP contribution in [0, 0.1) is 6.92 Å². The minimum atomic E-state index is 0.968. The molecule has 0 atom stereocenters. The Labute approximate surface area is 62.9 Å². The third-order valence-corrected chi connectivity index (χ3v) is 0.635. The third-order valence-electron chi connectivity index (χ3n) is 0.635. The van der Waals surface area contributed by atoms with Crippen LogP contribution >= 0.6 is 22.6 Å². The SMILES string of the molecule is CI.Cc1ncc[nH]1. The maximum absolute atomic E-state index is 3.86. The second-order valence-electron chi connectivity index (χ2n) is 1.17. The van der Waals surface area contributed by atoms with Gasteiger partial charge < -0.3 is 4.98 Å². The van der Waals surface area contributed by atoms with E-state index in [1.807, 2.05) is 11.9 Å². The number of nitrogens with zero attached hydrogens (tertiary/aromatic N) is 1. The highest BCUT2D eigenvalue weighted by Crippen LogP contribution is 1.78. The highest BCUT2D eigenvalue weighted by atomic mass is 127. The highest BCUT2D eigenvalue weighted by molar-refractivity contribution is 14.1. The Kier molecular flexibility index (Phi) is 5.05. The van der Waals surface area contributed by atoms with Crippen molar-refractivity contribution in [3.63, 3.8) is 0 Å². The molecule has 0 aliphatic carbocycles. The van der Waals surface area contributed by atoms with Crippen molar-refractivity contribution in [3.8, 4) is 0 Å². The number of imidazole rings is 1. The molecule has 0 aromatic carbocycles. The normalized spacial score (nSPS) is 7.38. The number of aromatic amines is 1. The maximum Gasteiger partial charge on any atom is 0.102 e. The summed E-state index contributed by atoms with van der Waals surface area (Å²) in [5, 5.41) is 0. The van der Waals surface area contributed by atoms with Crippen LogP contribution in [0.25, 0.3) is 0 Å². The molecule has 2 nitrogen and oxygen atoms in total. The van der Waals surface area contributed by atoms with Gasteiger partial charge in [-0.2, -0.15) is 0 Å². The molecule has 0 amide bonds. The van der Waals surface area contributed by atoms with Gasteiger partial charge >= 0.3 is 0 Å². The van der Waals surface area contributed by atoms with Crippen molar-refractivity contribution in [3.05, 3.63) is 18.2 Å². The van der Waals surface area contributed by atoms with E-state index in [0.717, 1.165) is 5.82 Å². The standard InChI is InChI=1S/C4H6N2.CH3I/c1-4-5-2-3-6-4;1-2/h2-3H,1H3,(H,5,6);1H3. The van der Waals surface area contributed by atoms with E-state index >= 15 is 0 Å². The van der Waals surface area contributed by atoms with Crippen molar-refractivity contribution >= 4 is 22.6 Å². The molecule has 0 fully saturated rings. The summed E-state index contributed by atoms with van der Waals surface area (Å²) in [4.78, 5) is 8.72. The minimum absolute atomic E-state index is 0.968. The molecule has 0 bridgehead atoms. The van der Waals surface area contributed by atoms with Crippen LogP contribution in [0.15, 0.2) is 12.4 Å². The number of aryl methyl sites for hydroxylation is 1. The molecule has 0 spiro atoms. The molecule has 0 saturated carbocycles. The molecular weight excluding hydrogens is 215 g/mol. The molecule has 1 aromatic heterocycles. The number of alkyl halides is 1. The lowest BCUT2D eigenvalue weighted by molar-refractivity contribution is 1.15. The second-order valence-corrected chi connectivity index (χ2v) is 1.17. The van der Waals surface area contributed by atoms with Crippen molar-refractivity contribution in [1.29, 1.82) is 0 Å². The van der Waals surface area contributed by atoms with Crippen molar-refractivity contribution in [1.82, 2.24) is 9.97 Å². The molecule has 0 unspecified atom stereocenters. The van der Waals surface area contributed by atoms with Gasteiger partial charge in [0.1, 0.15) is 5.82 Å². The van der Waals surface area contributed by atoms with Gasteiger partial charge in [-0.3, -0.25) is 0 Å².